The van der Waals surface area contributed by atoms with Crippen LogP contribution in [0, 0.1) is 0 Å². The van der Waals surface area contributed by atoms with Gasteiger partial charge in [-0.3, -0.25) is 0 Å². The van der Waals surface area contributed by atoms with E-state index in [0.717, 1.165) is 25.7 Å². The molecule has 0 aliphatic heterocycles. The van der Waals surface area contributed by atoms with Gasteiger partial charge in [0.25, 0.3) is 0 Å². The maximum atomic E-state index is 9.47. The molecule has 0 spiro atoms. The van der Waals surface area contributed by atoms with Crippen LogP contribution in [0.4, 0.5) is 0 Å². The van der Waals surface area contributed by atoms with Crippen molar-refractivity contribution in [3.05, 3.63) is 0 Å². The zero-order valence-corrected chi connectivity index (χ0v) is 8.64. The van der Waals surface area contributed by atoms with E-state index in [-0.39, 0.29) is 0 Å². The fourth-order valence-electron chi connectivity index (χ4n) is 1.04. The molecule has 0 atom stereocenters. The molecule has 0 aliphatic rings. The molecule has 11 heavy (non-hydrogen) atoms. The third kappa shape index (κ3) is 6.74. The van der Waals surface area contributed by atoms with E-state index in [1.165, 1.54) is 0 Å². The van der Waals surface area contributed by atoms with Gasteiger partial charge in [-0.1, -0.05) is 0 Å². The molecule has 0 saturated heterocycles. The summed E-state index contributed by atoms with van der Waals surface area (Å²) in [6, 6.07) is 0. The van der Waals surface area contributed by atoms with Gasteiger partial charge in [0.05, 0.1) is 0 Å². The van der Waals surface area contributed by atoms with Crippen LogP contribution in [0.3, 0.4) is 0 Å². The van der Waals surface area contributed by atoms with Crippen molar-refractivity contribution in [2.24, 2.45) is 0 Å². The van der Waals surface area contributed by atoms with Gasteiger partial charge in [0.2, 0.25) is 0 Å². The molecule has 0 aromatic carbocycles. The van der Waals surface area contributed by atoms with Gasteiger partial charge in [-0.25, -0.2) is 0 Å². The summed E-state index contributed by atoms with van der Waals surface area (Å²) in [4.78, 5) is 18.9. The Hall–Kier alpha value is 0.350. The van der Waals surface area contributed by atoms with Crippen molar-refractivity contribution in [2.45, 2.75) is 39.5 Å². The molecule has 0 unspecified atom stereocenters. The second kappa shape index (κ2) is 5.93. The Balaban J connectivity index is 3.43. The van der Waals surface area contributed by atoms with Gasteiger partial charge < -0.3 is 0 Å². The van der Waals surface area contributed by atoms with E-state index in [9.17, 15) is 9.79 Å². The zero-order chi connectivity index (χ0) is 8.74. The monoisotopic (exact) mass is 180 g/mol. The SMILES string of the molecule is CCCC[PH](O)(O)CCCC. The number of hydrogen-bond acceptors (Lipinski definition) is 2. The molecule has 0 bridgehead atoms. The van der Waals surface area contributed by atoms with Crippen LogP contribution in [0.5, 0.6) is 0 Å². The van der Waals surface area contributed by atoms with Crippen molar-refractivity contribution >= 4 is 7.72 Å². The molecule has 2 nitrogen and oxygen atoms in total. The Morgan fingerprint density at radius 1 is 0.909 bits per heavy atom. The molecule has 0 heterocycles. The van der Waals surface area contributed by atoms with E-state index in [2.05, 4.69) is 13.8 Å². The fraction of sp³-hybridized carbons (Fsp3) is 1.00. The van der Waals surface area contributed by atoms with Crippen LogP contribution in [0.15, 0.2) is 0 Å². The molecule has 0 amide bonds. The molecule has 0 saturated carbocycles. The average molecular weight is 180 g/mol. The van der Waals surface area contributed by atoms with Crippen LogP contribution in [-0.2, 0) is 0 Å². The molecule has 0 aromatic heterocycles. The van der Waals surface area contributed by atoms with Crippen LogP contribution in [0.1, 0.15) is 39.5 Å². The summed E-state index contributed by atoms with van der Waals surface area (Å²) in [7, 11) is -2.75. The second-order valence-electron chi connectivity index (χ2n) is 3.19. The summed E-state index contributed by atoms with van der Waals surface area (Å²) in [5.74, 6) is 0. The average Bonchev–Trinajstić information content (AvgIpc) is 1.97. The summed E-state index contributed by atoms with van der Waals surface area (Å²) in [5.41, 5.74) is 0. The third-order valence-electron chi connectivity index (χ3n) is 1.86. The first-order valence-corrected chi connectivity index (χ1v) is 6.88. The Morgan fingerprint density at radius 3 is 1.55 bits per heavy atom. The molecular weight excluding hydrogens is 159 g/mol. The van der Waals surface area contributed by atoms with Crippen LogP contribution in [-0.4, -0.2) is 22.1 Å². The van der Waals surface area contributed by atoms with E-state index in [0.29, 0.717) is 12.3 Å². The quantitative estimate of drug-likeness (QED) is 0.615. The van der Waals surface area contributed by atoms with Crippen LogP contribution >= 0.6 is 7.72 Å². The van der Waals surface area contributed by atoms with Crippen molar-refractivity contribution in [1.82, 2.24) is 0 Å². The van der Waals surface area contributed by atoms with Gasteiger partial charge in [-0.15, -0.1) is 0 Å². The minimum atomic E-state index is -2.75. The van der Waals surface area contributed by atoms with E-state index in [1.807, 2.05) is 0 Å². The predicted octanol–water partition coefficient (Wildman–Crippen LogP) is 2.15. The summed E-state index contributed by atoms with van der Waals surface area (Å²) in [6.07, 6.45) is 5.35. The first-order chi connectivity index (χ1) is 5.12. The first kappa shape index (κ1) is 11.4. The number of unbranched alkanes of at least 4 members (excludes halogenated alkanes) is 2. The molecule has 3 heteroatoms. The van der Waals surface area contributed by atoms with E-state index in [4.69, 9.17) is 0 Å². The van der Waals surface area contributed by atoms with Gasteiger partial charge in [-0.05, 0) is 0 Å². The second-order valence-corrected chi connectivity index (χ2v) is 6.15. The molecule has 0 aliphatic carbocycles. The van der Waals surface area contributed by atoms with Crippen LogP contribution in [0.2, 0.25) is 0 Å². The number of rotatable bonds is 6. The van der Waals surface area contributed by atoms with E-state index < -0.39 is 7.72 Å². The van der Waals surface area contributed by atoms with Crippen molar-refractivity contribution in [2.75, 3.05) is 12.3 Å². The molecule has 70 valence electrons. The molecule has 0 fully saturated rings. The standard InChI is InChI=1S/C8H21O2P/c1-3-5-7-11(9,10)8-6-4-2/h9-11H,3-8H2,1-2H3. The van der Waals surface area contributed by atoms with Crippen LogP contribution in [0.25, 0.3) is 0 Å². The van der Waals surface area contributed by atoms with E-state index >= 15 is 0 Å². The Kier molecular flexibility index (Phi) is 6.12. The molecule has 0 rings (SSSR count). The van der Waals surface area contributed by atoms with Gasteiger partial charge in [0.15, 0.2) is 0 Å². The zero-order valence-electron chi connectivity index (χ0n) is 7.64. The molecule has 0 radical (unpaired) electrons. The summed E-state index contributed by atoms with van der Waals surface area (Å²) in [5, 5.41) is 0. The number of hydrogen-bond donors (Lipinski definition) is 2. The summed E-state index contributed by atoms with van der Waals surface area (Å²) < 4.78 is 0. The maximum absolute atomic E-state index is 9.47. The van der Waals surface area contributed by atoms with Gasteiger partial charge in [0.1, 0.15) is 0 Å². The van der Waals surface area contributed by atoms with E-state index in [1.54, 1.807) is 0 Å². The van der Waals surface area contributed by atoms with Crippen molar-refractivity contribution in [3.8, 4) is 0 Å². The summed E-state index contributed by atoms with van der Waals surface area (Å²) >= 11 is 0. The Labute approximate surface area is 70.1 Å². The summed E-state index contributed by atoms with van der Waals surface area (Å²) in [6.45, 7) is 4.15. The first-order valence-electron chi connectivity index (χ1n) is 4.57. The minimum absolute atomic E-state index is 0.656. The topological polar surface area (TPSA) is 40.5 Å². The fourth-order valence-corrected chi connectivity index (χ4v) is 3.13. The van der Waals surface area contributed by atoms with Gasteiger partial charge in [-0.2, -0.15) is 0 Å². The molecule has 2 N–H and O–H groups in total. The van der Waals surface area contributed by atoms with Crippen LogP contribution < -0.4 is 0 Å². The van der Waals surface area contributed by atoms with Crippen molar-refractivity contribution in [1.29, 1.82) is 0 Å². The normalized spacial score (nSPS) is 13.5. The Morgan fingerprint density at radius 2 is 1.27 bits per heavy atom. The van der Waals surface area contributed by atoms with Crippen molar-refractivity contribution < 1.29 is 9.79 Å². The van der Waals surface area contributed by atoms with Gasteiger partial charge in [0, 0.05) is 0 Å². The van der Waals surface area contributed by atoms with Crippen molar-refractivity contribution in [3.63, 3.8) is 0 Å². The predicted molar refractivity (Wildman–Crippen MR) is 52.3 cm³/mol. The van der Waals surface area contributed by atoms with Gasteiger partial charge >= 0.3 is 69.4 Å². The molecule has 0 aromatic rings. The third-order valence-corrected chi connectivity index (χ3v) is 4.17. The molecular formula is C8H21O2P. The Bertz CT molecular complexity index is 84.1.